The number of hydrogen-bond donors (Lipinski definition) is 1. The summed E-state index contributed by atoms with van der Waals surface area (Å²) in [7, 11) is 0. The number of nitrogens with one attached hydrogen (secondary N) is 1. The summed E-state index contributed by atoms with van der Waals surface area (Å²) in [6.45, 7) is 6.91. The normalized spacial score (nSPS) is 30.7. The molecule has 0 amide bonds. The SMILES string of the molecule is CCCC(C)NC1CCC(CC)C1. The maximum absolute atomic E-state index is 3.74. The summed E-state index contributed by atoms with van der Waals surface area (Å²) in [5, 5.41) is 3.74. The molecule has 1 fully saturated rings. The van der Waals surface area contributed by atoms with Gasteiger partial charge in [0.15, 0.2) is 0 Å². The van der Waals surface area contributed by atoms with Gasteiger partial charge in [-0.1, -0.05) is 26.7 Å². The third kappa shape index (κ3) is 3.68. The Morgan fingerprint density at radius 1 is 1.31 bits per heavy atom. The zero-order valence-electron chi connectivity index (χ0n) is 9.47. The summed E-state index contributed by atoms with van der Waals surface area (Å²) in [5.74, 6) is 1.01. The van der Waals surface area contributed by atoms with Crippen LogP contribution in [0.25, 0.3) is 0 Å². The van der Waals surface area contributed by atoms with Gasteiger partial charge in [0, 0.05) is 12.1 Å². The van der Waals surface area contributed by atoms with Gasteiger partial charge >= 0.3 is 0 Å². The molecule has 0 bridgehead atoms. The van der Waals surface area contributed by atoms with E-state index in [0.29, 0.717) is 0 Å². The van der Waals surface area contributed by atoms with E-state index in [0.717, 1.165) is 18.0 Å². The van der Waals surface area contributed by atoms with E-state index in [1.165, 1.54) is 38.5 Å². The minimum atomic E-state index is 0.727. The maximum atomic E-state index is 3.74. The summed E-state index contributed by atoms with van der Waals surface area (Å²) < 4.78 is 0. The van der Waals surface area contributed by atoms with Crippen LogP contribution in [0.3, 0.4) is 0 Å². The van der Waals surface area contributed by atoms with Gasteiger partial charge in [-0.2, -0.15) is 0 Å². The van der Waals surface area contributed by atoms with Gasteiger partial charge in [-0.15, -0.1) is 0 Å². The third-order valence-corrected chi connectivity index (χ3v) is 3.36. The fourth-order valence-corrected chi connectivity index (χ4v) is 2.52. The lowest BCUT2D eigenvalue weighted by molar-refractivity contribution is 0.413. The van der Waals surface area contributed by atoms with Crippen molar-refractivity contribution in [3.05, 3.63) is 0 Å². The Morgan fingerprint density at radius 3 is 2.62 bits per heavy atom. The second kappa shape index (κ2) is 5.64. The Kier molecular flexibility index (Phi) is 4.79. The summed E-state index contributed by atoms with van der Waals surface area (Å²) in [4.78, 5) is 0. The van der Waals surface area contributed by atoms with Gasteiger partial charge in [0.1, 0.15) is 0 Å². The smallest absolute Gasteiger partial charge is 0.00722 e. The Labute approximate surface area is 83.3 Å². The van der Waals surface area contributed by atoms with Crippen molar-refractivity contribution in [3.8, 4) is 0 Å². The van der Waals surface area contributed by atoms with E-state index < -0.39 is 0 Å². The Morgan fingerprint density at radius 2 is 2.08 bits per heavy atom. The van der Waals surface area contributed by atoms with Crippen LogP contribution < -0.4 is 5.32 Å². The first-order valence-corrected chi connectivity index (χ1v) is 6.02. The van der Waals surface area contributed by atoms with Gasteiger partial charge < -0.3 is 5.32 Å². The summed E-state index contributed by atoms with van der Waals surface area (Å²) in [6.07, 6.45) is 8.29. The molecular weight excluding hydrogens is 158 g/mol. The molecule has 0 aliphatic heterocycles. The predicted octanol–water partition coefficient (Wildman–Crippen LogP) is 3.34. The molecule has 1 saturated carbocycles. The Hall–Kier alpha value is -0.0400. The zero-order chi connectivity index (χ0) is 9.68. The summed E-state index contributed by atoms with van der Waals surface area (Å²) in [5.41, 5.74) is 0. The molecule has 1 rings (SSSR count). The lowest BCUT2D eigenvalue weighted by Crippen LogP contribution is -2.34. The van der Waals surface area contributed by atoms with Crippen LogP contribution in [0.15, 0.2) is 0 Å². The van der Waals surface area contributed by atoms with Crippen LogP contribution in [0, 0.1) is 5.92 Å². The molecule has 3 unspecified atom stereocenters. The lowest BCUT2D eigenvalue weighted by atomic mass is 10.1. The largest absolute Gasteiger partial charge is 0.311 e. The average Bonchev–Trinajstić information content (AvgIpc) is 2.52. The monoisotopic (exact) mass is 183 g/mol. The van der Waals surface area contributed by atoms with E-state index in [2.05, 4.69) is 26.1 Å². The van der Waals surface area contributed by atoms with Crippen molar-refractivity contribution < 1.29 is 0 Å². The van der Waals surface area contributed by atoms with Gasteiger partial charge in [0.25, 0.3) is 0 Å². The quantitative estimate of drug-likeness (QED) is 0.689. The Balaban J connectivity index is 2.16. The minimum Gasteiger partial charge on any atom is -0.311 e. The van der Waals surface area contributed by atoms with Crippen LogP contribution in [0.1, 0.15) is 59.3 Å². The highest BCUT2D eigenvalue weighted by atomic mass is 14.9. The Bertz CT molecular complexity index is 133. The fraction of sp³-hybridized carbons (Fsp3) is 1.00. The van der Waals surface area contributed by atoms with Gasteiger partial charge in [0.05, 0.1) is 0 Å². The number of hydrogen-bond acceptors (Lipinski definition) is 1. The standard InChI is InChI=1S/C12H25N/c1-4-6-10(3)13-12-8-7-11(5-2)9-12/h10-13H,4-9H2,1-3H3. The first kappa shape index (κ1) is 11.0. The highest BCUT2D eigenvalue weighted by Gasteiger charge is 2.23. The molecule has 0 radical (unpaired) electrons. The van der Waals surface area contributed by atoms with Gasteiger partial charge in [-0.25, -0.2) is 0 Å². The molecule has 0 heterocycles. The van der Waals surface area contributed by atoms with E-state index in [1.54, 1.807) is 0 Å². The highest BCUT2D eigenvalue weighted by molar-refractivity contribution is 4.81. The topological polar surface area (TPSA) is 12.0 Å². The van der Waals surface area contributed by atoms with Gasteiger partial charge in [0.2, 0.25) is 0 Å². The van der Waals surface area contributed by atoms with Crippen LogP contribution in [0.4, 0.5) is 0 Å². The van der Waals surface area contributed by atoms with Gasteiger partial charge in [-0.05, 0) is 38.5 Å². The van der Waals surface area contributed by atoms with Crippen LogP contribution in [-0.4, -0.2) is 12.1 Å². The first-order valence-electron chi connectivity index (χ1n) is 6.02. The van der Waals surface area contributed by atoms with Crippen molar-refractivity contribution in [2.45, 2.75) is 71.4 Å². The maximum Gasteiger partial charge on any atom is 0.00722 e. The third-order valence-electron chi connectivity index (χ3n) is 3.36. The highest BCUT2D eigenvalue weighted by Crippen LogP contribution is 2.28. The molecule has 0 aromatic carbocycles. The van der Waals surface area contributed by atoms with E-state index in [9.17, 15) is 0 Å². The number of rotatable bonds is 5. The molecule has 13 heavy (non-hydrogen) atoms. The molecule has 3 atom stereocenters. The lowest BCUT2D eigenvalue weighted by Gasteiger charge is -2.18. The second-order valence-electron chi connectivity index (χ2n) is 4.64. The van der Waals surface area contributed by atoms with Crippen molar-refractivity contribution in [1.29, 1.82) is 0 Å². The first-order chi connectivity index (χ1) is 6.26. The van der Waals surface area contributed by atoms with Crippen molar-refractivity contribution in [1.82, 2.24) is 5.32 Å². The van der Waals surface area contributed by atoms with Crippen molar-refractivity contribution in [2.75, 3.05) is 0 Å². The molecule has 0 saturated heterocycles. The molecular formula is C12H25N. The second-order valence-corrected chi connectivity index (χ2v) is 4.64. The van der Waals surface area contributed by atoms with Crippen LogP contribution in [-0.2, 0) is 0 Å². The van der Waals surface area contributed by atoms with Crippen molar-refractivity contribution >= 4 is 0 Å². The predicted molar refractivity (Wildman–Crippen MR) is 58.9 cm³/mol. The van der Waals surface area contributed by atoms with E-state index in [4.69, 9.17) is 0 Å². The van der Waals surface area contributed by atoms with Crippen LogP contribution in [0.2, 0.25) is 0 Å². The molecule has 0 aromatic heterocycles. The van der Waals surface area contributed by atoms with Gasteiger partial charge in [-0.3, -0.25) is 0 Å². The molecule has 78 valence electrons. The van der Waals surface area contributed by atoms with Crippen LogP contribution >= 0.6 is 0 Å². The average molecular weight is 183 g/mol. The van der Waals surface area contributed by atoms with Crippen molar-refractivity contribution in [3.63, 3.8) is 0 Å². The van der Waals surface area contributed by atoms with E-state index in [-0.39, 0.29) is 0 Å². The van der Waals surface area contributed by atoms with E-state index >= 15 is 0 Å². The zero-order valence-corrected chi connectivity index (χ0v) is 9.47. The molecule has 0 spiro atoms. The molecule has 1 aliphatic carbocycles. The summed E-state index contributed by atoms with van der Waals surface area (Å²) in [6, 6.07) is 1.55. The molecule has 1 aliphatic rings. The molecule has 1 nitrogen and oxygen atoms in total. The van der Waals surface area contributed by atoms with Crippen LogP contribution in [0.5, 0.6) is 0 Å². The summed E-state index contributed by atoms with van der Waals surface area (Å²) >= 11 is 0. The minimum absolute atomic E-state index is 0.727. The molecule has 1 heteroatoms. The van der Waals surface area contributed by atoms with E-state index in [1.807, 2.05) is 0 Å². The molecule has 1 N–H and O–H groups in total. The van der Waals surface area contributed by atoms with Crippen molar-refractivity contribution in [2.24, 2.45) is 5.92 Å². The molecule has 0 aromatic rings. The fourth-order valence-electron chi connectivity index (χ4n) is 2.52.